The first-order valence-corrected chi connectivity index (χ1v) is 6.86. The average molecular weight is 264 g/mol. The lowest BCUT2D eigenvalue weighted by Gasteiger charge is -2.01. The molecule has 0 amide bonds. The zero-order valence-corrected chi connectivity index (χ0v) is 11.0. The molecule has 1 saturated carbocycles. The van der Waals surface area contributed by atoms with E-state index in [0.29, 0.717) is 12.0 Å². The first-order chi connectivity index (χ1) is 9.79. The van der Waals surface area contributed by atoms with E-state index >= 15 is 0 Å². The topological polar surface area (TPSA) is 66.7 Å². The molecule has 4 nitrogen and oxygen atoms in total. The number of hydrogen-bond acceptors (Lipinski definition) is 3. The molecule has 20 heavy (non-hydrogen) atoms. The molecule has 1 heterocycles. The van der Waals surface area contributed by atoms with Gasteiger partial charge >= 0.3 is 0 Å². The molecule has 4 rings (SSSR count). The van der Waals surface area contributed by atoms with Crippen molar-refractivity contribution in [3.8, 4) is 0 Å². The average Bonchev–Trinajstić information content (AvgIpc) is 3.10. The second-order valence-corrected chi connectivity index (χ2v) is 5.37. The summed E-state index contributed by atoms with van der Waals surface area (Å²) in [5, 5.41) is 3.47. The summed E-state index contributed by atoms with van der Waals surface area (Å²) in [4.78, 5) is 7.82. The van der Waals surface area contributed by atoms with E-state index in [1.807, 2.05) is 18.2 Å². The van der Waals surface area contributed by atoms with Crippen molar-refractivity contribution in [1.82, 2.24) is 9.97 Å². The number of rotatable bonds is 3. The van der Waals surface area contributed by atoms with Crippen molar-refractivity contribution in [2.24, 2.45) is 0 Å². The second-order valence-electron chi connectivity index (χ2n) is 5.37. The van der Waals surface area contributed by atoms with Gasteiger partial charge in [0.05, 0.1) is 11.0 Å². The molecule has 1 fully saturated rings. The summed E-state index contributed by atoms with van der Waals surface area (Å²) in [6.07, 6.45) is 1.16. The van der Waals surface area contributed by atoms with Gasteiger partial charge in [0.2, 0.25) is 5.95 Å². The van der Waals surface area contributed by atoms with Crippen LogP contribution in [-0.4, -0.2) is 16.0 Å². The molecule has 0 spiro atoms. The summed E-state index contributed by atoms with van der Waals surface area (Å²) >= 11 is 0. The largest absolute Gasteiger partial charge is 0.399 e. The van der Waals surface area contributed by atoms with Crippen LogP contribution in [0, 0.1) is 0 Å². The lowest BCUT2D eigenvalue weighted by atomic mass is 10.1. The van der Waals surface area contributed by atoms with Crippen LogP contribution < -0.4 is 11.1 Å². The quantitative estimate of drug-likeness (QED) is 0.637. The van der Waals surface area contributed by atoms with Crippen molar-refractivity contribution in [2.45, 2.75) is 18.4 Å². The molecule has 1 aromatic heterocycles. The van der Waals surface area contributed by atoms with Gasteiger partial charge in [-0.25, -0.2) is 4.98 Å². The van der Waals surface area contributed by atoms with Gasteiger partial charge in [-0.05, 0) is 30.2 Å². The van der Waals surface area contributed by atoms with Crippen molar-refractivity contribution < 1.29 is 0 Å². The molecule has 0 radical (unpaired) electrons. The van der Waals surface area contributed by atoms with Gasteiger partial charge < -0.3 is 16.0 Å². The van der Waals surface area contributed by atoms with E-state index in [9.17, 15) is 0 Å². The summed E-state index contributed by atoms with van der Waals surface area (Å²) in [7, 11) is 0. The molecule has 1 aliphatic carbocycles. The molecular formula is C16H16N4. The van der Waals surface area contributed by atoms with Gasteiger partial charge in [-0.15, -0.1) is 0 Å². The first kappa shape index (κ1) is 11.3. The third-order valence-electron chi connectivity index (χ3n) is 3.85. The van der Waals surface area contributed by atoms with Crippen LogP contribution in [0.25, 0.3) is 11.0 Å². The number of aromatic nitrogens is 2. The molecule has 0 aliphatic heterocycles. The van der Waals surface area contributed by atoms with E-state index < -0.39 is 0 Å². The number of nitrogens with two attached hydrogens (primary N) is 1. The number of anilines is 2. The van der Waals surface area contributed by atoms with E-state index in [4.69, 9.17) is 5.73 Å². The van der Waals surface area contributed by atoms with Crippen LogP contribution in [-0.2, 0) is 0 Å². The predicted molar refractivity (Wildman–Crippen MR) is 81.7 cm³/mol. The summed E-state index contributed by atoms with van der Waals surface area (Å²) < 4.78 is 0. The Balaban J connectivity index is 1.52. The van der Waals surface area contributed by atoms with E-state index in [1.54, 1.807) is 0 Å². The fraction of sp³-hybridized carbons (Fsp3) is 0.188. The standard InChI is InChI=1S/C16H16N4/c17-11-6-7-13-15(8-11)20-16(18-13)19-14-9-12(14)10-4-2-1-3-5-10/h1-8,12,14H,9,17H2,(H2,18,19,20). The zero-order chi connectivity index (χ0) is 13.5. The maximum atomic E-state index is 5.78. The fourth-order valence-corrected chi connectivity index (χ4v) is 2.69. The predicted octanol–water partition coefficient (Wildman–Crippen LogP) is 3.11. The highest BCUT2D eigenvalue weighted by Crippen LogP contribution is 2.42. The van der Waals surface area contributed by atoms with Gasteiger partial charge in [-0.3, -0.25) is 0 Å². The molecule has 100 valence electrons. The highest BCUT2D eigenvalue weighted by atomic mass is 15.2. The van der Waals surface area contributed by atoms with Crippen LogP contribution >= 0.6 is 0 Å². The Kier molecular flexibility index (Phi) is 2.42. The lowest BCUT2D eigenvalue weighted by Crippen LogP contribution is -2.05. The Morgan fingerprint density at radius 3 is 2.85 bits per heavy atom. The smallest absolute Gasteiger partial charge is 0.201 e. The van der Waals surface area contributed by atoms with Gasteiger partial charge in [0.1, 0.15) is 0 Å². The van der Waals surface area contributed by atoms with E-state index in [-0.39, 0.29) is 0 Å². The molecule has 2 unspecified atom stereocenters. The van der Waals surface area contributed by atoms with Crippen LogP contribution in [0.5, 0.6) is 0 Å². The molecule has 1 aliphatic rings. The summed E-state index contributed by atoms with van der Waals surface area (Å²) in [6, 6.07) is 16.8. The van der Waals surface area contributed by atoms with Gasteiger partial charge in [-0.2, -0.15) is 0 Å². The second kappa shape index (κ2) is 4.27. The first-order valence-electron chi connectivity index (χ1n) is 6.86. The molecule has 4 heteroatoms. The van der Waals surface area contributed by atoms with E-state index in [2.05, 4.69) is 45.6 Å². The Morgan fingerprint density at radius 2 is 2.00 bits per heavy atom. The number of benzene rings is 2. The highest BCUT2D eigenvalue weighted by Gasteiger charge is 2.38. The summed E-state index contributed by atoms with van der Waals surface area (Å²) in [5.74, 6) is 1.42. The minimum atomic E-state index is 0.468. The Morgan fingerprint density at radius 1 is 1.15 bits per heavy atom. The minimum absolute atomic E-state index is 0.468. The SMILES string of the molecule is Nc1ccc2nc(NC3CC3c3ccccc3)[nH]c2c1. The maximum absolute atomic E-state index is 5.78. The van der Waals surface area contributed by atoms with Crippen molar-refractivity contribution in [3.63, 3.8) is 0 Å². The monoisotopic (exact) mass is 264 g/mol. The van der Waals surface area contributed by atoms with Crippen LogP contribution in [0.4, 0.5) is 11.6 Å². The summed E-state index contributed by atoms with van der Waals surface area (Å²) in [6.45, 7) is 0. The molecule has 0 saturated heterocycles. The number of aromatic amines is 1. The molecule has 4 N–H and O–H groups in total. The third-order valence-corrected chi connectivity index (χ3v) is 3.85. The van der Waals surface area contributed by atoms with Crippen LogP contribution in [0.2, 0.25) is 0 Å². The highest BCUT2D eigenvalue weighted by molar-refractivity contribution is 5.80. The number of nitrogen functional groups attached to an aromatic ring is 1. The van der Waals surface area contributed by atoms with E-state index in [0.717, 1.165) is 29.1 Å². The number of fused-ring (bicyclic) bond motifs is 1. The van der Waals surface area contributed by atoms with E-state index in [1.165, 1.54) is 5.56 Å². The van der Waals surface area contributed by atoms with Crippen LogP contribution in [0.15, 0.2) is 48.5 Å². The Bertz CT molecular complexity index is 748. The number of H-pyrrole nitrogens is 1. The zero-order valence-electron chi connectivity index (χ0n) is 11.0. The minimum Gasteiger partial charge on any atom is -0.399 e. The van der Waals surface area contributed by atoms with Crippen molar-refractivity contribution in [1.29, 1.82) is 0 Å². The van der Waals surface area contributed by atoms with Gasteiger partial charge in [-0.1, -0.05) is 30.3 Å². The number of nitrogens with zero attached hydrogens (tertiary/aromatic N) is 1. The van der Waals surface area contributed by atoms with Crippen molar-refractivity contribution >= 4 is 22.7 Å². The van der Waals surface area contributed by atoms with Crippen molar-refractivity contribution in [2.75, 3.05) is 11.1 Å². The van der Waals surface area contributed by atoms with Gasteiger partial charge in [0.25, 0.3) is 0 Å². The lowest BCUT2D eigenvalue weighted by molar-refractivity contribution is 1.02. The summed E-state index contributed by atoms with van der Waals surface area (Å²) in [5.41, 5.74) is 9.84. The number of imidazole rings is 1. The molecular weight excluding hydrogens is 248 g/mol. The molecule has 0 bridgehead atoms. The Hall–Kier alpha value is -2.49. The maximum Gasteiger partial charge on any atom is 0.201 e. The van der Waals surface area contributed by atoms with Crippen molar-refractivity contribution in [3.05, 3.63) is 54.1 Å². The number of nitrogens with one attached hydrogen (secondary N) is 2. The normalized spacial score (nSPS) is 21.0. The third kappa shape index (κ3) is 1.99. The number of hydrogen-bond donors (Lipinski definition) is 3. The molecule has 3 aromatic rings. The Labute approximate surface area is 117 Å². The van der Waals surface area contributed by atoms with Gasteiger partial charge in [0.15, 0.2) is 0 Å². The van der Waals surface area contributed by atoms with Crippen LogP contribution in [0.3, 0.4) is 0 Å². The fourth-order valence-electron chi connectivity index (χ4n) is 2.69. The molecule has 2 atom stereocenters. The van der Waals surface area contributed by atoms with Gasteiger partial charge in [0, 0.05) is 17.6 Å². The molecule has 2 aromatic carbocycles. The van der Waals surface area contributed by atoms with Crippen LogP contribution in [0.1, 0.15) is 17.9 Å².